The molecule has 0 bridgehead atoms. The van der Waals surface area contributed by atoms with Crippen LogP contribution in [0.25, 0.3) is 33.7 Å². The Balaban J connectivity index is 2.01. The second-order valence-corrected chi connectivity index (χ2v) is 4.59. The van der Waals surface area contributed by atoms with Gasteiger partial charge in [-0.3, -0.25) is 0 Å². The van der Waals surface area contributed by atoms with E-state index in [-0.39, 0.29) is 0 Å². The summed E-state index contributed by atoms with van der Waals surface area (Å²) in [5.41, 5.74) is 4.09. The highest BCUT2D eigenvalue weighted by molar-refractivity contribution is 5.82. The first-order chi connectivity index (χ1) is 9.33. The van der Waals surface area contributed by atoms with Crippen molar-refractivity contribution < 1.29 is 0 Å². The highest BCUT2D eigenvalue weighted by Crippen LogP contribution is 2.23. The summed E-state index contributed by atoms with van der Waals surface area (Å²) in [4.78, 5) is 12.6. The smallest absolute Gasteiger partial charge is 0.177 e. The molecule has 0 aliphatic rings. The van der Waals surface area contributed by atoms with Gasteiger partial charge in [-0.2, -0.15) is 0 Å². The molecule has 2 heterocycles. The largest absolute Gasteiger partial charge is 0.335 e. The number of H-pyrrole nitrogens is 1. The zero-order chi connectivity index (χ0) is 12.8. The summed E-state index contributed by atoms with van der Waals surface area (Å²) in [6.07, 6.45) is 0. The van der Waals surface area contributed by atoms with E-state index in [9.17, 15) is 0 Å². The SMILES string of the molecule is Cn1c(-c2nc3ccccc3[nH]2)nc2ccccc21. The number of aromatic nitrogens is 4. The summed E-state index contributed by atoms with van der Waals surface area (Å²) in [5, 5.41) is 0. The second-order valence-electron chi connectivity index (χ2n) is 4.59. The molecule has 0 saturated heterocycles. The van der Waals surface area contributed by atoms with E-state index in [2.05, 4.69) is 25.6 Å². The van der Waals surface area contributed by atoms with Crippen molar-refractivity contribution in [3.63, 3.8) is 0 Å². The van der Waals surface area contributed by atoms with Crippen LogP contribution in [0.1, 0.15) is 0 Å². The molecule has 19 heavy (non-hydrogen) atoms. The van der Waals surface area contributed by atoms with E-state index in [4.69, 9.17) is 0 Å². The van der Waals surface area contributed by atoms with Gasteiger partial charge < -0.3 is 9.55 Å². The molecule has 0 saturated carbocycles. The molecule has 0 fully saturated rings. The zero-order valence-corrected chi connectivity index (χ0v) is 10.5. The van der Waals surface area contributed by atoms with E-state index >= 15 is 0 Å². The minimum atomic E-state index is 0.805. The normalized spacial score (nSPS) is 11.4. The number of rotatable bonds is 1. The number of hydrogen-bond acceptors (Lipinski definition) is 2. The number of hydrogen-bond donors (Lipinski definition) is 1. The first kappa shape index (κ1) is 10.3. The van der Waals surface area contributed by atoms with Gasteiger partial charge in [0.05, 0.1) is 22.1 Å². The fourth-order valence-electron chi connectivity index (χ4n) is 2.42. The summed E-state index contributed by atoms with van der Waals surface area (Å²) >= 11 is 0. The maximum atomic E-state index is 4.65. The second kappa shape index (κ2) is 3.68. The van der Waals surface area contributed by atoms with Crippen molar-refractivity contribution in [3.8, 4) is 11.6 Å². The summed E-state index contributed by atoms with van der Waals surface area (Å²) in [7, 11) is 2.01. The maximum Gasteiger partial charge on any atom is 0.177 e. The number of aromatic amines is 1. The lowest BCUT2D eigenvalue weighted by atomic mass is 10.3. The maximum absolute atomic E-state index is 4.65. The van der Waals surface area contributed by atoms with Crippen molar-refractivity contribution in [2.45, 2.75) is 0 Å². The predicted octanol–water partition coefficient (Wildman–Crippen LogP) is 3.12. The van der Waals surface area contributed by atoms with Crippen molar-refractivity contribution in [2.75, 3.05) is 0 Å². The van der Waals surface area contributed by atoms with Crippen LogP contribution in [-0.4, -0.2) is 19.5 Å². The highest BCUT2D eigenvalue weighted by atomic mass is 15.1. The lowest BCUT2D eigenvalue weighted by Crippen LogP contribution is -1.93. The average Bonchev–Trinajstić information content (AvgIpc) is 3.00. The number of benzene rings is 2. The number of nitrogens with one attached hydrogen (secondary N) is 1. The van der Waals surface area contributed by atoms with Crippen LogP contribution in [0.5, 0.6) is 0 Å². The van der Waals surface area contributed by atoms with Crippen molar-refractivity contribution in [3.05, 3.63) is 48.5 Å². The molecule has 0 amide bonds. The van der Waals surface area contributed by atoms with Crippen LogP contribution in [0.15, 0.2) is 48.5 Å². The molecule has 0 atom stereocenters. The first-order valence-electron chi connectivity index (χ1n) is 6.19. The van der Waals surface area contributed by atoms with Crippen molar-refractivity contribution in [1.29, 1.82) is 0 Å². The zero-order valence-electron chi connectivity index (χ0n) is 10.5. The molecule has 0 aliphatic carbocycles. The van der Waals surface area contributed by atoms with Crippen LogP contribution in [0.4, 0.5) is 0 Å². The molecule has 4 rings (SSSR count). The van der Waals surface area contributed by atoms with E-state index in [1.165, 1.54) is 0 Å². The van der Waals surface area contributed by atoms with Gasteiger partial charge in [0.2, 0.25) is 0 Å². The van der Waals surface area contributed by atoms with Crippen molar-refractivity contribution in [2.24, 2.45) is 7.05 Å². The fourth-order valence-corrected chi connectivity index (χ4v) is 2.42. The minimum absolute atomic E-state index is 0.805. The molecule has 1 N–H and O–H groups in total. The summed E-state index contributed by atoms with van der Waals surface area (Å²) in [6, 6.07) is 16.1. The van der Waals surface area contributed by atoms with E-state index in [0.717, 1.165) is 33.7 Å². The van der Waals surface area contributed by atoms with Gasteiger partial charge in [0.1, 0.15) is 0 Å². The van der Waals surface area contributed by atoms with Crippen LogP contribution in [0, 0.1) is 0 Å². The topological polar surface area (TPSA) is 46.5 Å². The molecule has 2 aromatic heterocycles. The molecule has 4 heteroatoms. The van der Waals surface area contributed by atoms with Gasteiger partial charge in [-0.15, -0.1) is 0 Å². The standard InChI is InChI=1S/C15H12N4/c1-19-13-9-5-4-8-12(13)18-15(19)14-16-10-6-2-3-7-11(10)17-14/h2-9H,1H3,(H,16,17). The number of imidazole rings is 2. The van der Waals surface area contributed by atoms with Gasteiger partial charge in [-0.25, -0.2) is 9.97 Å². The van der Waals surface area contributed by atoms with Gasteiger partial charge in [0, 0.05) is 7.05 Å². The first-order valence-corrected chi connectivity index (χ1v) is 6.19. The molecule has 0 radical (unpaired) electrons. The number of aryl methyl sites for hydroxylation is 1. The monoisotopic (exact) mass is 248 g/mol. The Bertz CT molecular complexity index is 852. The third-order valence-electron chi connectivity index (χ3n) is 3.39. The van der Waals surface area contributed by atoms with Crippen LogP contribution in [0.2, 0.25) is 0 Å². The fraction of sp³-hybridized carbons (Fsp3) is 0.0667. The van der Waals surface area contributed by atoms with Gasteiger partial charge in [-0.05, 0) is 24.3 Å². The minimum Gasteiger partial charge on any atom is -0.335 e. The molecular formula is C15H12N4. The number of fused-ring (bicyclic) bond motifs is 2. The number of para-hydroxylation sites is 4. The summed E-state index contributed by atoms with van der Waals surface area (Å²) in [6.45, 7) is 0. The predicted molar refractivity (Wildman–Crippen MR) is 75.8 cm³/mol. The third kappa shape index (κ3) is 1.46. The highest BCUT2D eigenvalue weighted by Gasteiger charge is 2.12. The van der Waals surface area contributed by atoms with E-state index in [1.807, 2.05) is 49.5 Å². The average molecular weight is 248 g/mol. The van der Waals surface area contributed by atoms with Crippen molar-refractivity contribution in [1.82, 2.24) is 19.5 Å². The molecule has 92 valence electrons. The Morgan fingerprint density at radius 2 is 1.63 bits per heavy atom. The van der Waals surface area contributed by atoms with Gasteiger partial charge in [0.25, 0.3) is 0 Å². The molecule has 0 unspecified atom stereocenters. The molecule has 0 aliphatic heterocycles. The van der Waals surface area contributed by atoms with Gasteiger partial charge >= 0.3 is 0 Å². The lowest BCUT2D eigenvalue weighted by molar-refractivity contribution is 0.945. The quantitative estimate of drug-likeness (QED) is 0.562. The summed E-state index contributed by atoms with van der Waals surface area (Å²) in [5.74, 6) is 1.66. The van der Waals surface area contributed by atoms with Crippen molar-refractivity contribution >= 4 is 22.1 Å². The van der Waals surface area contributed by atoms with Gasteiger partial charge in [0.15, 0.2) is 11.6 Å². The van der Waals surface area contributed by atoms with E-state index in [1.54, 1.807) is 0 Å². The van der Waals surface area contributed by atoms with Crippen LogP contribution in [-0.2, 0) is 7.05 Å². The van der Waals surface area contributed by atoms with Crippen LogP contribution in [0.3, 0.4) is 0 Å². The Kier molecular flexibility index (Phi) is 2.00. The Morgan fingerprint density at radius 3 is 2.42 bits per heavy atom. The Hall–Kier alpha value is -2.62. The Labute approximate surface area is 109 Å². The van der Waals surface area contributed by atoms with Crippen LogP contribution >= 0.6 is 0 Å². The van der Waals surface area contributed by atoms with Gasteiger partial charge in [-0.1, -0.05) is 24.3 Å². The summed E-state index contributed by atoms with van der Waals surface area (Å²) < 4.78 is 2.06. The third-order valence-corrected chi connectivity index (χ3v) is 3.39. The Morgan fingerprint density at radius 1 is 0.895 bits per heavy atom. The lowest BCUT2D eigenvalue weighted by Gasteiger charge is -1.97. The van der Waals surface area contributed by atoms with E-state index in [0.29, 0.717) is 0 Å². The molecule has 2 aromatic carbocycles. The number of nitrogens with zero attached hydrogens (tertiary/aromatic N) is 3. The molecule has 0 spiro atoms. The molecular weight excluding hydrogens is 236 g/mol. The van der Waals surface area contributed by atoms with Crippen LogP contribution < -0.4 is 0 Å². The molecule has 4 aromatic rings. The molecule has 4 nitrogen and oxygen atoms in total. The van der Waals surface area contributed by atoms with E-state index < -0.39 is 0 Å².